The molecule has 2 heterocycles. The highest BCUT2D eigenvalue weighted by Gasteiger charge is 2.31. The number of alkyl halides is 3. The fourth-order valence-corrected chi connectivity index (χ4v) is 5.27. The molecule has 1 saturated heterocycles. The van der Waals surface area contributed by atoms with Crippen molar-refractivity contribution in [3.63, 3.8) is 0 Å². The first kappa shape index (κ1) is 24.6. The van der Waals surface area contributed by atoms with E-state index in [2.05, 4.69) is 21.7 Å². The summed E-state index contributed by atoms with van der Waals surface area (Å²) >= 11 is 7.35. The Bertz CT molecular complexity index is 1190. The monoisotopic (exact) mass is 513 g/mol. The molecule has 1 aliphatic heterocycles. The highest BCUT2D eigenvalue weighted by molar-refractivity contribution is 7.22. The number of carboxylic acid groups (broad SMARTS) is 1. The van der Waals surface area contributed by atoms with Crippen LogP contribution >= 0.6 is 22.9 Å². The lowest BCUT2D eigenvalue weighted by Crippen LogP contribution is -2.52. The first-order valence-electron chi connectivity index (χ1n) is 10.7. The largest absolute Gasteiger partial charge is 0.492 e. The predicted octanol–water partition coefficient (Wildman–Crippen LogP) is 5.19. The van der Waals surface area contributed by atoms with Crippen LogP contribution in [0.25, 0.3) is 10.2 Å². The summed E-state index contributed by atoms with van der Waals surface area (Å²) in [4.78, 5) is 19.9. The van der Waals surface area contributed by atoms with Gasteiger partial charge >= 0.3 is 12.1 Å². The minimum absolute atomic E-state index is 0.126. The summed E-state index contributed by atoms with van der Waals surface area (Å²) in [5.74, 6) is -0.406. The highest BCUT2D eigenvalue weighted by atomic mass is 35.5. The molecule has 0 unspecified atom stereocenters. The second-order valence-corrected chi connectivity index (χ2v) is 9.67. The van der Waals surface area contributed by atoms with Crippen LogP contribution in [0.3, 0.4) is 0 Å². The lowest BCUT2D eigenvalue weighted by molar-refractivity contribution is -0.138. The standard InChI is InChI=1S/C23H23ClF3N3O3S/c1-14-13-30(22-28-19-3-2-16(23(25,26)27)11-20(19)34-22)5-4-29(14)6-7-33-18-9-15(10-21(31)32)8-17(24)12-18/h2-3,8-9,11-12,14H,4-7,10,13H2,1H3,(H,31,32)/t14-/m0/s1. The maximum absolute atomic E-state index is 13.0. The molecule has 0 bridgehead atoms. The number of anilines is 1. The lowest BCUT2D eigenvalue weighted by atomic mass is 10.1. The molecule has 3 aromatic rings. The van der Waals surface area contributed by atoms with E-state index in [-0.39, 0.29) is 12.5 Å². The Morgan fingerprint density at radius 1 is 1.26 bits per heavy atom. The van der Waals surface area contributed by atoms with Crippen molar-refractivity contribution in [3.8, 4) is 5.75 Å². The molecule has 1 atom stereocenters. The molecule has 34 heavy (non-hydrogen) atoms. The number of hydrogen-bond acceptors (Lipinski definition) is 6. The number of hydrogen-bond donors (Lipinski definition) is 1. The normalized spacial score (nSPS) is 17.3. The summed E-state index contributed by atoms with van der Waals surface area (Å²) in [5, 5.41) is 10.1. The zero-order valence-electron chi connectivity index (χ0n) is 18.3. The Hall–Kier alpha value is -2.56. The van der Waals surface area contributed by atoms with Gasteiger partial charge in [0.1, 0.15) is 12.4 Å². The van der Waals surface area contributed by atoms with Gasteiger partial charge in [-0.1, -0.05) is 22.9 Å². The fraction of sp³-hybridized carbons (Fsp3) is 0.391. The predicted molar refractivity (Wildman–Crippen MR) is 126 cm³/mol. The van der Waals surface area contributed by atoms with Crippen molar-refractivity contribution in [1.29, 1.82) is 0 Å². The third kappa shape index (κ3) is 5.92. The van der Waals surface area contributed by atoms with Gasteiger partial charge in [0.25, 0.3) is 0 Å². The first-order valence-corrected chi connectivity index (χ1v) is 11.9. The molecular formula is C23H23ClF3N3O3S. The van der Waals surface area contributed by atoms with Gasteiger partial charge in [-0.05, 0) is 48.9 Å². The van der Waals surface area contributed by atoms with E-state index in [0.717, 1.165) is 23.8 Å². The van der Waals surface area contributed by atoms with Crippen molar-refractivity contribution in [2.45, 2.75) is 25.6 Å². The molecule has 0 spiro atoms. The van der Waals surface area contributed by atoms with Crippen molar-refractivity contribution in [1.82, 2.24) is 9.88 Å². The number of carbonyl (C=O) groups is 1. The van der Waals surface area contributed by atoms with E-state index < -0.39 is 17.7 Å². The van der Waals surface area contributed by atoms with Gasteiger partial charge in [-0.3, -0.25) is 9.69 Å². The zero-order valence-corrected chi connectivity index (χ0v) is 19.9. The Labute approximate surface area is 203 Å². The van der Waals surface area contributed by atoms with Gasteiger partial charge in [-0.15, -0.1) is 0 Å². The van der Waals surface area contributed by atoms with Gasteiger partial charge in [0, 0.05) is 37.2 Å². The molecule has 2 aromatic carbocycles. The average molecular weight is 514 g/mol. The minimum Gasteiger partial charge on any atom is -0.492 e. The fourth-order valence-electron chi connectivity index (χ4n) is 3.99. The van der Waals surface area contributed by atoms with Crippen LogP contribution in [-0.4, -0.2) is 59.8 Å². The molecule has 11 heteroatoms. The van der Waals surface area contributed by atoms with Gasteiger partial charge < -0.3 is 14.7 Å². The van der Waals surface area contributed by atoms with E-state index in [4.69, 9.17) is 21.4 Å². The number of nitrogens with zero attached hydrogens (tertiary/aromatic N) is 3. The molecule has 4 rings (SSSR count). The topological polar surface area (TPSA) is 65.9 Å². The summed E-state index contributed by atoms with van der Waals surface area (Å²) in [6, 6.07) is 8.78. The molecule has 1 N–H and O–H groups in total. The molecule has 1 aliphatic rings. The molecule has 1 fully saturated rings. The molecule has 0 saturated carbocycles. The van der Waals surface area contributed by atoms with Gasteiger partial charge in [0.15, 0.2) is 5.13 Å². The zero-order chi connectivity index (χ0) is 24.5. The van der Waals surface area contributed by atoms with Crippen molar-refractivity contribution in [3.05, 3.63) is 52.5 Å². The number of fused-ring (bicyclic) bond motifs is 1. The molecule has 1 aromatic heterocycles. The molecular weight excluding hydrogens is 491 g/mol. The number of thiazole rings is 1. The van der Waals surface area contributed by atoms with E-state index in [0.29, 0.717) is 52.8 Å². The van der Waals surface area contributed by atoms with Crippen LogP contribution < -0.4 is 9.64 Å². The van der Waals surface area contributed by atoms with Crippen LogP contribution in [0.15, 0.2) is 36.4 Å². The molecule has 0 amide bonds. The maximum atomic E-state index is 13.0. The summed E-state index contributed by atoms with van der Waals surface area (Å²) in [5.41, 5.74) is 0.485. The number of piperazine rings is 1. The summed E-state index contributed by atoms with van der Waals surface area (Å²) in [7, 11) is 0. The Morgan fingerprint density at radius 3 is 2.76 bits per heavy atom. The SMILES string of the molecule is C[C@H]1CN(c2nc3ccc(C(F)(F)F)cc3s2)CCN1CCOc1cc(Cl)cc(CC(=O)O)c1. The number of carboxylic acids is 1. The van der Waals surface area contributed by atoms with Gasteiger partial charge in [0.05, 0.1) is 22.2 Å². The second kappa shape index (κ2) is 9.97. The van der Waals surface area contributed by atoms with Gasteiger partial charge in [-0.2, -0.15) is 13.2 Å². The van der Waals surface area contributed by atoms with E-state index in [1.807, 2.05) is 0 Å². The maximum Gasteiger partial charge on any atom is 0.416 e. The van der Waals surface area contributed by atoms with Crippen molar-refractivity contribution in [2.24, 2.45) is 0 Å². The number of aromatic nitrogens is 1. The molecule has 0 aliphatic carbocycles. The van der Waals surface area contributed by atoms with Crippen LogP contribution in [0.4, 0.5) is 18.3 Å². The number of benzene rings is 2. The Morgan fingerprint density at radius 2 is 2.06 bits per heavy atom. The molecule has 182 valence electrons. The van der Waals surface area contributed by atoms with Crippen molar-refractivity contribution >= 4 is 44.3 Å². The summed E-state index contributed by atoms with van der Waals surface area (Å²) in [6.07, 6.45) is -4.50. The van der Waals surface area contributed by atoms with Crippen LogP contribution in [0, 0.1) is 0 Å². The number of halogens is 4. The third-order valence-corrected chi connectivity index (χ3v) is 6.97. The summed E-state index contributed by atoms with van der Waals surface area (Å²) in [6.45, 7) is 5.34. The van der Waals surface area contributed by atoms with Gasteiger partial charge in [-0.25, -0.2) is 4.98 Å². The second-order valence-electron chi connectivity index (χ2n) is 8.22. The molecule has 0 radical (unpaired) electrons. The Kier molecular flexibility index (Phi) is 7.20. The number of rotatable bonds is 7. The minimum atomic E-state index is -4.37. The van der Waals surface area contributed by atoms with E-state index >= 15 is 0 Å². The van der Waals surface area contributed by atoms with Crippen LogP contribution in [0.1, 0.15) is 18.1 Å². The quantitative estimate of drug-likeness (QED) is 0.469. The molecule has 6 nitrogen and oxygen atoms in total. The Balaban J connectivity index is 1.33. The van der Waals surface area contributed by atoms with Crippen molar-refractivity contribution < 1.29 is 27.8 Å². The van der Waals surface area contributed by atoms with E-state index in [9.17, 15) is 18.0 Å². The summed E-state index contributed by atoms with van der Waals surface area (Å²) < 4.78 is 45.3. The van der Waals surface area contributed by atoms with Gasteiger partial charge in [0.2, 0.25) is 0 Å². The third-order valence-electron chi connectivity index (χ3n) is 5.67. The smallest absolute Gasteiger partial charge is 0.416 e. The van der Waals surface area contributed by atoms with Crippen LogP contribution in [-0.2, 0) is 17.4 Å². The number of ether oxygens (including phenoxy) is 1. The lowest BCUT2D eigenvalue weighted by Gasteiger charge is -2.39. The van der Waals surface area contributed by atoms with E-state index in [1.54, 1.807) is 18.2 Å². The highest BCUT2D eigenvalue weighted by Crippen LogP contribution is 2.35. The van der Waals surface area contributed by atoms with Crippen LogP contribution in [0.5, 0.6) is 5.75 Å². The number of aliphatic carboxylic acids is 1. The first-order chi connectivity index (χ1) is 16.1. The van der Waals surface area contributed by atoms with Crippen molar-refractivity contribution in [2.75, 3.05) is 37.7 Å². The average Bonchev–Trinajstić information content (AvgIpc) is 3.17. The van der Waals surface area contributed by atoms with Crippen LogP contribution in [0.2, 0.25) is 5.02 Å². The van der Waals surface area contributed by atoms with E-state index in [1.165, 1.54) is 17.4 Å².